The summed E-state index contributed by atoms with van der Waals surface area (Å²) in [7, 11) is 0. The Balaban J connectivity index is 2.25. The zero-order valence-corrected chi connectivity index (χ0v) is 12.7. The number of carbonyl (C=O) groups excluding carboxylic acids is 1. The molecular formula is C15H17N3O5. The third-order valence-corrected chi connectivity index (χ3v) is 3.72. The van der Waals surface area contributed by atoms with E-state index in [4.69, 9.17) is 5.11 Å². The molecule has 1 aromatic carbocycles. The number of hydrogen-bond donors (Lipinski definition) is 3. The van der Waals surface area contributed by atoms with Gasteiger partial charge in [-0.25, -0.2) is 4.79 Å². The van der Waals surface area contributed by atoms with Crippen molar-refractivity contribution in [3.63, 3.8) is 0 Å². The molecule has 0 fully saturated rings. The molecule has 122 valence electrons. The molecule has 8 nitrogen and oxygen atoms in total. The number of hydrogen-bond acceptors (Lipinski definition) is 4. The van der Waals surface area contributed by atoms with E-state index in [1.165, 1.54) is 6.92 Å². The number of para-hydroxylation sites is 1. The summed E-state index contributed by atoms with van der Waals surface area (Å²) in [4.78, 5) is 49.6. The highest BCUT2D eigenvalue weighted by Crippen LogP contribution is 2.04. The lowest BCUT2D eigenvalue weighted by atomic mass is 10.0. The van der Waals surface area contributed by atoms with Crippen molar-refractivity contribution in [2.45, 2.75) is 26.4 Å². The van der Waals surface area contributed by atoms with Crippen molar-refractivity contribution in [2.75, 3.05) is 0 Å². The Hall–Kier alpha value is -2.90. The molecule has 2 atom stereocenters. The molecule has 0 aliphatic heterocycles. The summed E-state index contributed by atoms with van der Waals surface area (Å²) in [6, 6.07) is 5.86. The third kappa shape index (κ3) is 3.47. The summed E-state index contributed by atoms with van der Waals surface area (Å²) in [6.45, 7) is 2.53. The molecule has 0 saturated carbocycles. The number of amides is 1. The zero-order valence-electron chi connectivity index (χ0n) is 12.7. The van der Waals surface area contributed by atoms with E-state index in [1.807, 2.05) is 0 Å². The van der Waals surface area contributed by atoms with Gasteiger partial charge >= 0.3 is 11.7 Å². The van der Waals surface area contributed by atoms with E-state index in [-0.39, 0.29) is 0 Å². The SMILES string of the molecule is CC(NC(=O)Cn1c(=O)[nH]c2ccccc2c1=O)C(C)C(=O)O. The second-order valence-electron chi connectivity index (χ2n) is 5.35. The van der Waals surface area contributed by atoms with E-state index in [9.17, 15) is 19.2 Å². The highest BCUT2D eigenvalue weighted by Gasteiger charge is 2.21. The van der Waals surface area contributed by atoms with Crippen LogP contribution in [0.3, 0.4) is 0 Å². The Morgan fingerprint density at radius 3 is 2.57 bits per heavy atom. The quantitative estimate of drug-likeness (QED) is 0.711. The molecule has 23 heavy (non-hydrogen) atoms. The van der Waals surface area contributed by atoms with E-state index in [2.05, 4.69) is 10.3 Å². The standard InChI is InChI=1S/C15H17N3O5/c1-8(14(21)22)9(2)16-12(19)7-18-13(20)10-5-3-4-6-11(10)17-15(18)23/h3-6,8-9H,7H2,1-2H3,(H,16,19)(H,17,23)(H,21,22). The van der Waals surface area contributed by atoms with Crippen LogP contribution < -0.4 is 16.6 Å². The first-order valence-electron chi connectivity index (χ1n) is 7.05. The van der Waals surface area contributed by atoms with Gasteiger partial charge in [-0.1, -0.05) is 12.1 Å². The van der Waals surface area contributed by atoms with Crippen molar-refractivity contribution >= 4 is 22.8 Å². The number of carbonyl (C=O) groups is 2. The van der Waals surface area contributed by atoms with Gasteiger partial charge in [-0.2, -0.15) is 0 Å². The normalized spacial score (nSPS) is 13.5. The van der Waals surface area contributed by atoms with Crippen LogP contribution in [0.2, 0.25) is 0 Å². The molecule has 1 heterocycles. The Morgan fingerprint density at radius 2 is 1.91 bits per heavy atom. The number of benzene rings is 1. The number of nitrogens with zero attached hydrogens (tertiary/aromatic N) is 1. The molecule has 0 aliphatic rings. The average Bonchev–Trinajstić information content (AvgIpc) is 2.50. The molecule has 0 aliphatic carbocycles. The van der Waals surface area contributed by atoms with Gasteiger partial charge in [-0.3, -0.25) is 19.0 Å². The van der Waals surface area contributed by atoms with E-state index in [1.54, 1.807) is 31.2 Å². The zero-order chi connectivity index (χ0) is 17.1. The van der Waals surface area contributed by atoms with Gasteiger partial charge in [0.15, 0.2) is 0 Å². The van der Waals surface area contributed by atoms with Crippen LogP contribution in [0.15, 0.2) is 33.9 Å². The van der Waals surface area contributed by atoms with Gasteiger partial charge in [0.05, 0.1) is 16.8 Å². The minimum Gasteiger partial charge on any atom is -0.481 e. The molecule has 3 N–H and O–H groups in total. The first-order chi connectivity index (χ1) is 10.8. The Bertz CT molecular complexity index is 867. The smallest absolute Gasteiger partial charge is 0.329 e. The molecule has 0 spiro atoms. The van der Waals surface area contributed by atoms with Crippen molar-refractivity contribution in [2.24, 2.45) is 5.92 Å². The summed E-state index contributed by atoms with van der Waals surface area (Å²) >= 11 is 0. The molecule has 0 radical (unpaired) electrons. The molecule has 0 bridgehead atoms. The fourth-order valence-electron chi connectivity index (χ4n) is 2.12. The Morgan fingerprint density at radius 1 is 1.26 bits per heavy atom. The van der Waals surface area contributed by atoms with E-state index >= 15 is 0 Å². The van der Waals surface area contributed by atoms with Crippen LogP contribution >= 0.6 is 0 Å². The number of aromatic nitrogens is 2. The van der Waals surface area contributed by atoms with Crippen LogP contribution in [-0.2, 0) is 16.1 Å². The molecule has 0 saturated heterocycles. The Labute approximate surface area is 130 Å². The van der Waals surface area contributed by atoms with Gasteiger partial charge in [-0.05, 0) is 26.0 Å². The molecule has 1 aromatic heterocycles. The van der Waals surface area contributed by atoms with E-state index in [0.29, 0.717) is 10.9 Å². The lowest BCUT2D eigenvalue weighted by Crippen LogP contribution is -2.45. The van der Waals surface area contributed by atoms with Crippen LogP contribution in [0.5, 0.6) is 0 Å². The molecular weight excluding hydrogens is 302 g/mol. The number of H-pyrrole nitrogens is 1. The lowest BCUT2D eigenvalue weighted by Gasteiger charge is -2.17. The first-order valence-corrected chi connectivity index (χ1v) is 7.05. The average molecular weight is 319 g/mol. The van der Waals surface area contributed by atoms with Gasteiger partial charge in [0, 0.05) is 6.04 Å². The van der Waals surface area contributed by atoms with Crippen molar-refractivity contribution in [1.82, 2.24) is 14.9 Å². The maximum atomic E-state index is 12.3. The van der Waals surface area contributed by atoms with Crippen LogP contribution in [0.4, 0.5) is 0 Å². The highest BCUT2D eigenvalue weighted by molar-refractivity contribution is 5.79. The number of carboxylic acids is 1. The van der Waals surface area contributed by atoms with Crippen LogP contribution in [0, 0.1) is 5.92 Å². The number of aliphatic carboxylic acids is 1. The lowest BCUT2D eigenvalue weighted by molar-refractivity contribution is -0.142. The predicted molar refractivity (Wildman–Crippen MR) is 83.2 cm³/mol. The Kier molecular flexibility index (Phi) is 4.63. The minimum atomic E-state index is -1.04. The van der Waals surface area contributed by atoms with Gasteiger partial charge in [0.1, 0.15) is 6.54 Å². The number of aromatic amines is 1. The first kappa shape index (κ1) is 16.5. The van der Waals surface area contributed by atoms with Crippen molar-refractivity contribution in [3.05, 3.63) is 45.1 Å². The highest BCUT2D eigenvalue weighted by atomic mass is 16.4. The number of fused-ring (bicyclic) bond motifs is 1. The second-order valence-corrected chi connectivity index (χ2v) is 5.35. The van der Waals surface area contributed by atoms with Crippen molar-refractivity contribution in [1.29, 1.82) is 0 Å². The van der Waals surface area contributed by atoms with Gasteiger partial charge in [0.25, 0.3) is 5.56 Å². The fraction of sp³-hybridized carbons (Fsp3) is 0.333. The van der Waals surface area contributed by atoms with Crippen LogP contribution in [0.1, 0.15) is 13.8 Å². The predicted octanol–water partition coefficient (Wildman–Crippen LogP) is -0.0848. The summed E-state index contributed by atoms with van der Waals surface area (Å²) in [5.41, 5.74) is -0.867. The topological polar surface area (TPSA) is 121 Å². The van der Waals surface area contributed by atoms with Crippen molar-refractivity contribution < 1.29 is 14.7 Å². The number of nitrogens with one attached hydrogen (secondary N) is 2. The molecule has 2 aromatic rings. The maximum absolute atomic E-state index is 12.3. The van der Waals surface area contributed by atoms with Crippen LogP contribution in [-0.4, -0.2) is 32.6 Å². The molecule has 1 amide bonds. The summed E-state index contributed by atoms with van der Waals surface area (Å²) in [5.74, 6) is -2.43. The van der Waals surface area contributed by atoms with Gasteiger partial charge in [-0.15, -0.1) is 0 Å². The van der Waals surface area contributed by atoms with Crippen molar-refractivity contribution in [3.8, 4) is 0 Å². The molecule has 8 heteroatoms. The minimum absolute atomic E-state index is 0.298. The number of rotatable bonds is 5. The summed E-state index contributed by atoms with van der Waals surface area (Å²) in [5, 5.41) is 11.7. The molecule has 2 unspecified atom stereocenters. The monoisotopic (exact) mass is 319 g/mol. The largest absolute Gasteiger partial charge is 0.481 e. The maximum Gasteiger partial charge on any atom is 0.329 e. The third-order valence-electron chi connectivity index (χ3n) is 3.72. The second kappa shape index (κ2) is 6.47. The van der Waals surface area contributed by atoms with Crippen LogP contribution in [0.25, 0.3) is 10.9 Å². The number of carboxylic acid groups (broad SMARTS) is 1. The van der Waals surface area contributed by atoms with Gasteiger partial charge < -0.3 is 15.4 Å². The molecule has 2 rings (SSSR count). The van der Waals surface area contributed by atoms with Gasteiger partial charge in [0.2, 0.25) is 5.91 Å². The van der Waals surface area contributed by atoms with E-state index in [0.717, 1.165) is 4.57 Å². The van der Waals surface area contributed by atoms with E-state index < -0.39 is 41.6 Å². The summed E-state index contributed by atoms with van der Waals surface area (Å²) in [6.07, 6.45) is 0. The summed E-state index contributed by atoms with van der Waals surface area (Å²) < 4.78 is 0.788. The fourth-order valence-corrected chi connectivity index (χ4v) is 2.12.